The summed E-state index contributed by atoms with van der Waals surface area (Å²) in [5.74, 6) is 0.291. The largest absolute Gasteiger partial charge is 0.444 e. The summed E-state index contributed by atoms with van der Waals surface area (Å²) in [6.07, 6.45) is 0.356. The highest BCUT2D eigenvalue weighted by Crippen LogP contribution is 2.23. The van der Waals surface area contributed by atoms with Gasteiger partial charge in [0, 0.05) is 35.4 Å². The summed E-state index contributed by atoms with van der Waals surface area (Å²) in [6, 6.07) is 15.1. The van der Waals surface area contributed by atoms with E-state index in [1.165, 1.54) is 0 Å². The van der Waals surface area contributed by atoms with Gasteiger partial charge >= 0.3 is 6.09 Å². The molecule has 4 rings (SSSR count). The summed E-state index contributed by atoms with van der Waals surface area (Å²) < 4.78 is 7.33. The third-order valence-electron chi connectivity index (χ3n) is 5.60. The molecule has 0 radical (unpaired) electrons. The fourth-order valence-electron chi connectivity index (χ4n) is 3.86. The Balaban J connectivity index is 1.41. The number of carbonyl (C=O) groups is 2. The van der Waals surface area contributed by atoms with Gasteiger partial charge in [0.25, 0.3) is 5.91 Å². The lowest BCUT2D eigenvalue weighted by molar-refractivity contribution is 0.0224. The number of halogens is 1. The second-order valence-corrected chi connectivity index (χ2v) is 9.98. The van der Waals surface area contributed by atoms with E-state index in [2.05, 4.69) is 10.4 Å². The van der Waals surface area contributed by atoms with E-state index in [4.69, 9.17) is 16.3 Å². The van der Waals surface area contributed by atoms with Gasteiger partial charge < -0.3 is 15.0 Å². The maximum atomic E-state index is 12.9. The first kappa shape index (κ1) is 23.8. The van der Waals surface area contributed by atoms with Crippen LogP contribution in [0.4, 0.5) is 10.6 Å². The Hall–Kier alpha value is -3.32. The van der Waals surface area contributed by atoms with Crippen LogP contribution in [0.3, 0.4) is 0 Å². The third-order valence-corrected chi connectivity index (χ3v) is 5.85. The maximum absolute atomic E-state index is 12.9. The quantitative estimate of drug-likeness (QED) is 0.539. The van der Waals surface area contributed by atoms with E-state index in [1.807, 2.05) is 74.8 Å². The lowest BCUT2D eigenvalue weighted by atomic mass is 9.97. The van der Waals surface area contributed by atoms with E-state index < -0.39 is 5.60 Å². The minimum absolute atomic E-state index is 0.214. The molecule has 2 aromatic carbocycles. The Labute approximate surface area is 204 Å². The number of carbonyl (C=O) groups excluding carboxylic acids is 2. The van der Waals surface area contributed by atoms with Crippen molar-refractivity contribution in [2.45, 2.75) is 52.8 Å². The van der Waals surface area contributed by atoms with E-state index >= 15 is 0 Å². The summed E-state index contributed by atoms with van der Waals surface area (Å²) in [6.45, 7) is 9.14. The number of rotatable bonds is 4. The molecule has 0 atom stereocenters. The molecule has 1 aliphatic rings. The van der Waals surface area contributed by atoms with Crippen molar-refractivity contribution in [3.8, 4) is 0 Å². The Kier molecular flexibility index (Phi) is 6.66. The van der Waals surface area contributed by atoms with Crippen LogP contribution in [-0.2, 0) is 24.2 Å². The zero-order chi connectivity index (χ0) is 24.5. The van der Waals surface area contributed by atoms with Crippen molar-refractivity contribution in [1.82, 2.24) is 14.7 Å². The van der Waals surface area contributed by atoms with Gasteiger partial charge in [-0.3, -0.25) is 9.48 Å². The number of benzene rings is 2. The molecule has 3 aromatic rings. The molecule has 1 aliphatic heterocycles. The van der Waals surface area contributed by atoms with Crippen molar-refractivity contribution in [3.05, 3.63) is 81.5 Å². The first-order valence-electron chi connectivity index (χ1n) is 11.3. The number of hydrogen-bond donors (Lipinski definition) is 1. The molecule has 0 fully saturated rings. The highest BCUT2D eigenvalue weighted by atomic mass is 35.5. The van der Waals surface area contributed by atoms with E-state index in [1.54, 1.807) is 11.0 Å². The molecule has 0 saturated heterocycles. The molecule has 0 saturated carbocycles. The van der Waals surface area contributed by atoms with Crippen LogP contribution in [-0.4, -0.2) is 38.8 Å². The Bertz CT molecular complexity index is 1210. The number of amides is 2. The second-order valence-electron chi connectivity index (χ2n) is 9.54. The van der Waals surface area contributed by atoms with Crippen LogP contribution >= 0.6 is 11.6 Å². The molecule has 178 valence electrons. The summed E-state index contributed by atoms with van der Waals surface area (Å²) in [4.78, 5) is 27.0. The van der Waals surface area contributed by atoms with Crippen LogP contribution in [0.1, 0.15) is 53.5 Å². The Morgan fingerprint density at radius 2 is 1.82 bits per heavy atom. The van der Waals surface area contributed by atoms with Crippen LogP contribution in [0.2, 0.25) is 5.02 Å². The fourth-order valence-corrected chi connectivity index (χ4v) is 3.99. The number of hydrogen-bond acceptors (Lipinski definition) is 4. The van der Waals surface area contributed by atoms with Gasteiger partial charge in [-0.2, -0.15) is 5.10 Å². The van der Waals surface area contributed by atoms with Crippen molar-refractivity contribution in [3.63, 3.8) is 0 Å². The van der Waals surface area contributed by atoms with E-state index in [9.17, 15) is 9.59 Å². The van der Waals surface area contributed by atoms with E-state index in [0.717, 1.165) is 22.4 Å². The molecule has 0 unspecified atom stereocenters. The van der Waals surface area contributed by atoms with Crippen LogP contribution in [0.15, 0.2) is 48.5 Å². The topological polar surface area (TPSA) is 76.5 Å². The number of aromatic nitrogens is 2. The molecule has 1 N–H and O–H groups in total. The first-order valence-corrected chi connectivity index (χ1v) is 11.7. The SMILES string of the molecule is Cc1cc(NC(=O)c2ccc3c(c2)CCN(C(=O)OC(C)(C)C)C3)nn1Cc1ccc(Cl)cc1. The minimum atomic E-state index is -0.528. The molecule has 0 bridgehead atoms. The number of ether oxygens (including phenoxy) is 1. The van der Waals surface area contributed by atoms with Gasteiger partial charge in [0.1, 0.15) is 5.60 Å². The first-order chi connectivity index (χ1) is 16.1. The zero-order valence-corrected chi connectivity index (χ0v) is 20.6. The summed E-state index contributed by atoms with van der Waals surface area (Å²) >= 11 is 5.96. The Morgan fingerprint density at radius 1 is 1.09 bits per heavy atom. The molecule has 2 heterocycles. The van der Waals surface area contributed by atoms with Crippen molar-refractivity contribution in [1.29, 1.82) is 0 Å². The molecule has 0 spiro atoms. The number of fused-ring (bicyclic) bond motifs is 1. The van der Waals surface area contributed by atoms with Crippen molar-refractivity contribution < 1.29 is 14.3 Å². The van der Waals surface area contributed by atoms with Gasteiger partial charge in [-0.05, 0) is 75.1 Å². The smallest absolute Gasteiger partial charge is 0.410 e. The van der Waals surface area contributed by atoms with Crippen LogP contribution in [0, 0.1) is 6.92 Å². The summed E-state index contributed by atoms with van der Waals surface area (Å²) in [5, 5.41) is 8.12. The van der Waals surface area contributed by atoms with Crippen LogP contribution in [0.5, 0.6) is 0 Å². The number of nitrogens with zero attached hydrogens (tertiary/aromatic N) is 3. The maximum Gasteiger partial charge on any atom is 0.410 e. The van der Waals surface area contributed by atoms with Gasteiger partial charge in [0.05, 0.1) is 6.54 Å². The van der Waals surface area contributed by atoms with Gasteiger partial charge in [-0.25, -0.2) is 4.79 Å². The third kappa shape index (κ3) is 5.78. The molecule has 1 aromatic heterocycles. The van der Waals surface area contributed by atoms with Gasteiger partial charge in [0.15, 0.2) is 5.82 Å². The molecule has 34 heavy (non-hydrogen) atoms. The molecule has 2 amide bonds. The summed E-state index contributed by atoms with van der Waals surface area (Å²) in [5.41, 5.74) is 4.14. The molecular formula is C26H29ClN4O3. The predicted octanol–water partition coefficient (Wildman–Crippen LogP) is 5.44. The monoisotopic (exact) mass is 480 g/mol. The molecular weight excluding hydrogens is 452 g/mol. The summed E-state index contributed by atoms with van der Waals surface area (Å²) in [7, 11) is 0. The predicted molar refractivity (Wildman–Crippen MR) is 132 cm³/mol. The minimum Gasteiger partial charge on any atom is -0.444 e. The fraction of sp³-hybridized carbons (Fsp3) is 0.346. The second kappa shape index (κ2) is 9.50. The van der Waals surface area contributed by atoms with Gasteiger partial charge in [-0.1, -0.05) is 29.8 Å². The highest BCUT2D eigenvalue weighted by Gasteiger charge is 2.26. The standard InChI is InChI=1S/C26H29ClN4O3/c1-17-13-23(29-31(17)15-18-5-9-22(27)10-6-18)28-24(32)20-7-8-21-16-30(12-11-19(21)14-20)25(33)34-26(2,3)4/h5-10,13-14H,11-12,15-16H2,1-4H3,(H,28,29,32). The van der Waals surface area contributed by atoms with Crippen molar-refractivity contribution in [2.24, 2.45) is 0 Å². The normalized spacial score (nSPS) is 13.4. The average Bonchev–Trinajstić information content (AvgIpc) is 3.11. The number of anilines is 1. The lowest BCUT2D eigenvalue weighted by Crippen LogP contribution is -2.39. The average molecular weight is 481 g/mol. The lowest BCUT2D eigenvalue weighted by Gasteiger charge is -2.31. The van der Waals surface area contributed by atoms with Crippen molar-refractivity contribution in [2.75, 3.05) is 11.9 Å². The van der Waals surface area contributed by atoms with E-state index in [-0.39, 0.29) is 12.0 Å². The van der Waals surface area contributed by atoms with Crippen LogP contribution in [0.25, 0.3) is 0 Å². The Morgan fingerprint density at radius 3 is 2.53 bits per heavy atom. The van der Waals surface area contributed by atoms with Crippen molar-refractivity contribution >= 4 is 29.4 Å². The molecule has 8 heteroatoms. The van der Waals surface area contributed by atoms with E-state index in [0.29, 0.717) is 42.5 Å². The zero-order valence-electron chi connectivity index (χ0n) is 19.9. The number of nitrogens with one attached hydrogen (secondary N) is 1. The van der Waals surface area contributed by atoms with Gasteiger partial charge in [-0.15, -0.1) is 0 Å². The molecule has 7 nitrogen and oxygen atoms in total. The van der Waals surface area contributed by atoms with Crippen LogP contribution < -0.4 is 5.32 Å². The molecule has 0 aliphatic carbocycles. The van der Waals surface area contributed by atoms with Gasteiger partial charge in [0.2, 0.25) is 0 Å². The highest BCUT2D eigenvalue weighted by molar-refractivity contribution is 6.30. The number of aryl methyl sites for hydroxylation is 1.